The van der Waals surface area contributed by atoms with Crippen LogP contribution in [0.25, 0.3) is 21.3 Å². The number of thiazole rings is 1. The topological polar surface area (TPSA) is 125 Å². The Morgan fingerprint density at radius 1 is 1.21 bits per heavy atom. The van der Waals surface area contributed by atoms with Gasteiger partial charge in [-0.2, -0.15) is 5.10 Å². The van der Waals surface area contributed by atoms with Crippen LogP contribution < -0.4 is 15.8 Å². The number of nitrogens with two attached hydrogens (primary N) is 1. The summed E-state index contributed by atoms with van der Waals surface area (Å²) in [6, 6.07) is 13.2. The van der Waals surface area contributed by atoms with Crippen molar-refractivity contribution in [2.24, 2.45) is 12.8 Å². The Hall–Kier alpha value is -4.64. The first-order valence-electron chi connectivity index (χ1n) is 12.3. The molecule has 39 heavy (non-hydrogen) atoms. The van der Waals surface area contributed by atoms with E-state index < -0.39 is 11.7 Å². The molecule has 1 fully saturated rings. The number of carbonyl (C=O) groups is 2. The summed E-state index contributed by atoms with van der Waals surface area (Å²) in [6.07, 6.45) is 5.71. The van der Waals surface area contributed by atoms with E-state index in [4.69, 9.17) is 10.5 Å². The molecule has 9 nitrogen and oxygen atoms in total. The Bertz CT molecular complexity index is 1740. The van der Waals surface area contributed by atoms with Crippen LogP contribution in [0.2, 0.25) is 0 Å². The molecule has 1 saturated carbocycles. The fraction of sp³-hybridized carbons (Fsp3) is 0.179. The SMILES string of the molecule is Cn1cc(-c2ccc3sc(NC(=O)Cc4ccc(Oc5ncccc5C(N)=O)c(F)c4)nc3c2)c(C2CC2)n1. The Morgan fingerprint density at radius 3 is 2.82 bits per heavy atom. The van der Waals surface area contributed by atoms with Crippen molar-refractivity contribution < 1.29 is 18.7 Å². The minimum absolute atomic E-state index is 0.0344. The predicted molar refractivity (Wildman–Crippen MR) is 145 cm³/mol. The monoisotopic (exact) mass is 542 g/mol. The number of fused-ring (bicyclic) bond motifs is 1. The second-order valence-electron chi connectivity index (χ2n) is 9.39. The molecule has 0 aliphatic heterocycles. The Kier molecular flexibility index (Phi) is 6.27. The number of carbonyl (C=O) groups excluding carboxylic acids is 2. The number of ether oxygens (including phenoxy) is 1. The molecule has 0 unspecified atom stereocenters. The maximum atomic E-state index is 14.7. The molecule has 3 heterocycles. The van der Waals surface area contributed by atoms with Gasteiger partial charge in [-0.15, -0.1) is 0 Å². The van der Waals surface area contributed by atoms with Crippen molar-refractivity contribution in [3.8, 4) is 22.8 Å². The molecule has 2 amide bonds. The molecule has 0 atom stereocenters. The minimum Gasteiger partial charge on any atom is -0.435 e. The van der Waals surface area contributed by atoms with Gasteiger partial charge in [-0.1, -0.05) is 23.5 Å². The zero-order chi connectivity index (χ0) is 27.1. The zero-order valence-electron chi connectivity index (χ0n) is 20.8. The van der Waals surface area contributed by atoms with Crippen molar-refractivity contribution in [2.75, 3.05) is 5.32 Å². The van der Waals surface area contributed by atoms with Gasteiger partial charge in [0.15, 0.2) is 16.7 Å². The molecule has 0 radical (unpaired) electrons. The van der Waals surface area contributed by atoms with Gasteiger partial charge in [0.2, 0.25) is 11.8 Å². The van der Waals surface area contributed by atoms with Crippen LogP contribution in [0.15, 0.2) is 60.9 Å². The lowest BCUT2D eigenvalue weighted by molar-refractivity contribution is -0.115. The summed E-state index contributed by atoms with van der Waals surface area (Å²) in [5.74, 6) is -1.48. The minimum atomic E-state index is -0.738. The molecule has 0 bridgehead atoms. The highest BCUT2D eigenvalue weighted by molar-refractivity contribution is 7.22. The fourth-order valence-electron chi connectivity index (χ4n) is 4.38. The van der Waals surface area contributed by atoms with Gasteiger partial charge in [0.25, 0.3) is 5.91 Å². The summed E-state index contributed by atoms with van der Waals surface area (Å²) in [5.41, 5.74) is 9.88. The van der Waals surface area contributed by atoms with Gasteiger partial charge in [0.1, 0.15) is 5.56 Å². The van der Waals surface area contributed by atoms with Crippen molar-refractivity contribution >= 4 is 38.5 Å². The number of anilines is 1. The number of primary amides is 1. The van der Waals surface area contributed by atoms with E-state index in [1.165, 1.54) is 54.6 Å². The standard InChI is InChI=1S/C28H23FN6O3S/c1-35-14-19(25(34-35)16-5-6-16)17-7-9-23-21(13-17)32-28(39-23)33-24(36)12-15-4-8-22(20(29)11-15)38-27-18(26(30)37)3-2-10-31-27/h2-4,7-11,13-14,16H,5-6,12H2,1H3,(H2,30,37)(H,32,33,36). The highest BCUT2D eigenvalue weighted by Crippen LogP contribution is 2.44. The number of amides is 2. The number of aromatic nitrogens is 4. The Labute approximate surface area is 226 Å². The third-order valence-corrected chi connectivity index (χ3v) is 7.32. The Balaban J connectivity index is 1.14. The molecule has 0 spiro atoms. The fourth-order valence-corrected chi connectivity index (χ4v) is 5.25. The first-order valence-corrected chi connectivity index (χ1v) is 13.1. The molecule has 2 aromatic carbocycles. The number of hydrogen-bond donors (Lipinski definition) is 2. The molecular formula is C28H23FN6O3S. The molecule has 3 aromatic heterocycles. The van der Waals surface area contributed by atoms with Crippen LogP contribution in [0.4, 0.5) is 9.52 Å². The van der Waals surface area contributed by atoms with E-state index in [0.717, 1.165) is 27.0 Å². The first kappa shape index (κ1) is 24.7. The van der Waals surface area contributed by atoms with Crippen LogP contribution >= 0.6 is 11.3 Å². The van der Waals surface area contributed by atoms with E-state index in [1.54, 1.807) is 6.07 Å². The molecule has 6 rings (SSSR count). The largest absolute Gasteiger partial charge is 0.435 e. The summed E-state index contributed by atoms with van der Waals surface area (Å²) in [5, 5.41) is 7.92. The average Bonchev–Trinajstić information content (AvgIpc) is 3.56. The van der Waals surface area contributed by atoms with Gasteiger partial charge in [-0.3, -0.25) is 14.3 Å². The van der Waals surface area contributed by atoms with Crippen LogP contribution in [-0.4, -0.2) is 31.6 Å². The van der Waals surface area contributed by atoms with E-state index in [2.05, 4.69) is 26.4 Å². The number of aryl methyl sites for hydroxylation is 1. The highest BCUT2D eigenvalue weighted by Gasteiger charge is 2.29. The van der Waals surface area contributed by atoms with Crippen LogP contribution in [0.3, 0.4) is 0 Å². The lowest BCUT2D eigenvalue weighted by Crippen LogP contribution is -2.14. The number of halogens is 1. The highest BCUT2D eigenvalue weighted by atomic mass is 32.1. The zero-order valence-corrected chi connectivity index (χ0v) is 21.7. The lowest BCUT2D eigenvalue weighted by atomic mass is 10.0. The van der Waals surface area contributed by atoms with Gasteiger partial charge in [0, 0.05) is 30.9 Å². The molecule has 11 heteroatoms. The van der Waals surface area contributed by atoms with E-state index in [9.17, 15) is 14.0 Å². The second kappa shape index (κ2) is 9.91. The van der Waals surface area contributed by atoms with E-state index >= 15 is 0 Å². The van der Waals surface area contributed by atoms with E-state index in [1.807, 2.05) is 30.1 Å². The quantitative estimate of drug-likeness (QED) is 0.278. The average molecular weight is 543 g/mol. The third kappa shape index (κ3) is 5.21. The first-order chi connectivity index (χ1) is 18.8. The number of nitrogens with zero attached hydrogens (tertiary/aromatic N) is 4. The maximum Gasteiger partial charge on any atom is 0.254 e. The van der Waals surface area contributed by atoms with Crippen LogP contribution in [0.5, 0.6) is 11.6 Å². The maximum absolute atomic E-state index is 14.7. The van der Waals surface area contributed by atoms with Gasteiger partial charge in [-0.05, 0) is 60.4 Å². The molecule has 0 saturated heterocycles. The lowest BCUT2D eigenvalue weighted by Gasteiger charge is -2.09. The number of rotatable bonds is 8. The predicted octanol–water partition coefficient (Wildman–Crippen LogP) is 5.18. The van der Waals surface area contributed by atoms with Crippen molar-refractivity contribution in [3.05, 3.63) is 83.6 Å². The molecule has 5 aromatic rings. The molecule has 3 N–H and O–H groups in total. The van der Waals surface area contributed by atoms with Gasteiger partial charge < -0.3 is 15.8 Å². The Morgan fingerprint density at radius 2 is 2.05 bits per heavy atom. The molecule has 1 aliphatic carbocycles. The van der Waals surface area contributed by atoms with Crippen molar-refractivity contribution in [1.82, 2.24) is 19.7 Å². The molecular weight excluding hydrogens is 519 g/mol. The summed E-state index contributed by atoms with van der Waals surface area (Å²) in [6.45, 7) is 0. The van der Waals surface area contributed by atoms with E-state index in [-0.39, 0.29) is 29.5 Å². The van der Waals surface area contributed by atoms with Gasteiger partial charge in [0.05, 0.1) is 22.3 Å². The number of pyridine rings is 1. The van der Waals surface area contributed by atoms with Gasteiger partial charge in [-0.25, -0.2) is 14.4 Å². The van der Waals surface area contributed by atoms with Gasteiger partial charge >= 0.3 is 0 Å². The summed E-state index contributed by atoms with van der Waals surface area (Å²) < 4.78 is 23.0. The van der Waals surface area contributed by atoms with Crippen molar-refractivity contribution in [3.63, 3.8) is 0 Å². The molecule has 196 valence electrons. The second-order valence-corrected chi connectivity index (χ2v) is 10.4. The smallest absolute Gasteiger partial charge is 0.254 e. The summed E-state index contributed by atoms with van der Waals surface area (Å²) >= 11 is 1.38. The van der Waals surface area contributed by atoms with Crippen LogP contribution in [0, 0.1) is 5.82 Å². The number of nitrogens with one attached hydrogen (secondary N) is 1. The normalized spacial score (nSPS) is 13.0. The van der Waals surface area contributed by atoms with Crippen molar-refractivity contribution in [2.45, 2.75) is 25.2 Å². The summed E-state index contributed by atoms with van der Waals surface area (Å²) in [7, 11) is 1.93. The third-order valence-electron chi connectivity index (χ3n) is 6.37. The van der Waals surface area contributed by atoms with Crippen molar-refractivity contribution in [1.29, 1.82) is 0 Å². The molecule has 1 aliphatic rings. The van der Waals surface area contributed by atoms with Crippen LogP contribution in [-0.2, 0) is 18.3 Å². The van der Waals surface area contributed by atoms with Crippen LogP contribution in [0.1, 0.15) is 40.4 Å². The number of hydrogen-bond acceptors (Lipinski definition) is 7. The van der Waals surface area contributed by atoms with E-state index in [0.29, 0.717) is 16.6 Å². The summed E-state index contributed by atoms with van der Waals surface area (Å²) in [4.78, 5) is 32.8. The number of benzene rings is 2.